The van der Waals surface area contributed by atoms with E-state index in [-0.39, 0.29) is 0 Å². The zero-order valence-electron chi connectivity index (χ0n) is 5.60. The fourth-order valence-electron chi connectivity index (χ4n) is 0.146. The fraction of sp³-hybridized carbons (Fsp3) is 1.00. The molecule has 58 valence electrons. The predicted molar refractivity (Wildman–Crippen MR) is 32.9 cm³/mol. The molecule has 0 aliphatic rings. The molecule has 0 saturated heterocycles. The van der Waals surface area contributed by atoms with E-state index in [1.54, 1.807) is 0 Å². The third-order valence-electron chi connectivity index (χ3n) is 0.308. The first-order chi connectivity index (χ1) is 4.42. The summed E-state index contributed by atoms with van der Waals surface area (Å²) in [6.07, 6.45) is -4.57. The van der Waals surface area contributed by atoms with Crippen molar-refractivity contribution in [2.45, 2.75) is 11.8 Å². The van der Waals surface area contributed by atoms with Gasteiger partial charge in [-0.25, -0.2) is 8.42 Å². The number of hydrogen-bond donors (Lipinski definition) is 1. The van der Waals surface area contributed by atoms with Crippen molar-refractivity contribution in [1.29, 1.82) is 0 Å². The minimum atomic E-state index is -4.57. The van der Waals surface area contributed by atoms with E-state index in [0.717, 1.165) is 0 Å². The Hall–Kier alpha value is 0.337. The van der Waals surface area contributed by atoms with Crippen molar-refractivity contribution in [3.8, 4) is 0 Å². The molecule has 0 aromatic heterocycles. The summed E-state index contributed by atoms with van der Waals surface area (Å²) in [6.45, 7) is 0. The number of hydrogen-bond acceptors (Lipinski definition) is 2. The third kappa shape index (κ3) is 15.8. The standard InChI is InChI=1S/C2H3F3O2S.CH3.Li/c3-2(4,5)1-8(6)7;;/h8H,1H2;1H3;. The van der Waals surface area contributed by atoms with Crippen LogP contribution in [-0.2, 0) is 10.7 Å². The topological polar surface area (TPSA) is 34.1 Å². The van der Waals surface area contributed by atoms with Gasteiger partial charge in [-0.3, -0.25) is 0 Å². The first-order valence-corrected chi connectivity index (χ1v) is 3.96. The summed E-state index contributed by atoms with van der Waals surface area (Å²) in [4.78, 5) is 0. The number of alkyl halides is 3. The number of halogens is 3. The van der Waals surface area contributed by atoms with Crippen LogP contribution in [0.5, 0.6) is 0 Å². The maximum absolute atomic E-state index is 10.9. The SMILES string of the molecule is O=[SH](=O)CC(F)(F)F.[Li][CH3]. The molecule has 0 radical (unpaired) electrons. The molecule has 0 bridgehead atoms. The van der Waals surface area contributed by atoms with E-state index >= 15 is 0 Å². The molecule has 0 N–H and O–H groups in total. The second kappa shape index (κ2) is 6.07. The van der Waals surface area contributed by atoms with Gasteiger partial charge in [-0.1, -0.05) is 0 Å². The van der Waals surface area contributed by atoms with Gasteiger partial charge in [-0.2, -0.15) is 13.2 Å². The fourth-order valence-corrected chi connectivity index (χ4v) is 0.439. The van der Waals surface area contributed by atoms with E-state index in [9.17, 15) is 21.6 Å². The second-order valence-corrected chi connectivity index (χ2v) is 2.09. The van der Waals surface area contributed by atoms with Gasteiger partial charge in [-0.15, -0.1) is 0 Å². The summed E-state index contributed by atoms with van der Waals surface area (Å²) in [5.41, 5.74) is 2.00. The molecule has 0 unspecified atom stereocenters. The van der Waals surface area contributed by atoms with Crippen molar-refractivity contribution in [2.24, 2.45) is 0 Å². The van der Waals surface area contributed by atoms with Crippen LogP contribution in [0.4, 0.5) is 13.2 Å². The molecule has 0 aliphatic carbocycles. The monoisotopic (exact) mass is 170 g/mol. The minimum absolute atomic E-state index is 1.72. The van der Waals surface area contributed by atoms with E-state index in [1.165, 1.54) is 0 Å². The van der Waals surface area contributed by atoms with Crippen LogP contribution in [-0.4, -0.2) is 38.1 Å². The van der Waals surface area contributed by atoms with Crippen LogP contribution in [0.2, 0.25) is 5.60 Å². The summed E-state index contributed by atoms with van der Waals surface area (Å²) in [6, 6.07) is 0. The molecule has 0 fully saturated rings. The van der Waals surface area contributed by atoms with Crippen LogP contribution in [0.3, 0.4) is 0 Å². The Balaban J connectivity index is 0. The van der Waals surface area contributed by atoms with Crippen LogP contribution in [0, 0.1) is 0 Å². The summed E-state index contributed by atoms with van der Waals surface area (Å²) in [5, 5.41) is 0. The van der Waals surface area contributed by atoms with Crippen LogP contribution in [0.25, 0.3) is 0 Å². The molecule has 0 aliphatic heterocycles. The average molecular weight is 170 g/mol. The van der Waals surface area contributed by atoms with E-state index in [2.05, 4.69) is 0 Å². The zero-order valence-corrected chi connectivity index (χ0v) is 6.50. The van der Waals surface area contributed by atoms with E-state index in [0.29, 0.717) is 0 Å². The van der Waals surface area contributed by atoms with Crippen molar-refractivity contribution < 1.29 is 21.6 Å². The molecule has 0 atom stereocenters. The van der Waals surface area contributed by atoms with Gasteiger partial charge in [0.05, 0.1) is 0 Å². The maximum atomic E-state index is 10.9. The molecule has 0 amide bonds. The van der Waals surface area contributed by atoms with Crippen molar-refractivity contribution in [3.63, 3.8) is 0 Å². The molecular weight excluding hydrogens is 164 g/mol. The summed E-state index contributed by atoms with van der Waals surface area (Å²) in [5.74, 6) is -1.72. The van der Waals surface area contributed by atoms with Crippen molar-refractivity contribution in [3.05, 3.63) is 0 Å². The van der Waals surface area contributed by atoms with E-state index < -0.39 is 22.6 Å². The normalized spacial score (nSPS) is 10.7. The van der Waals surface area contributed by atoms with Crippen molar-refractivity contribution in [2.75, 3.05) is 5.75 Å². The predicted octanol–water partition coefficient (Wildman–Crippen LogP) is 0.363. The zero-order chi connectivity index (χ0) is 8.78. The van der Waals surface area contributed by atoms with Crippen molar-refractivity contribution >= 4 is 28.4 Å². The summed E-state index contributed by atoms with van der Waals surface area (Å²) < 4.78 is 51.4. The molecule has 0 rings (SSSR count). The summed E-state index contributed by atoms with van der Waals surface area (Å²) >= 11 is 2.00. The molecule has 10 heavy (non-hydrogen) atoms. The summed E-state index contributed by atoms with van der Waals surface area (Å²) in [7, 11) is -3.31. The molecular formula is C3H6F3LiO2S. The van der Waals surface area contributed by atoms with Gasteiger partial charge in [0.25, 0.3) is 0 Å². The van der Waals surface area contributed by atoms with E-state index in [4.69, 9.17) is 0 Å². The first kappa shape index (κ1) is 13.0. The molecule has 0 spiro atoms. The van der Waals surface area contributed by atoms with E-state index in [1.807, 2.05) is 23.3 Å². The number of rotatable bonds is 1. The van der Waals surface area contributed by atoms with Gasteiger partial charge >= 0.3 is 29.5 Å². The van der Waals surface area contributed by atoms with Gasteiger partial charge in [0, 0.05) is 0 Å². The Morgan fingerprint density at radius 2 is 1.60 bits per heavy atom. The third-order valence-corrected chi connectivity index (χ3v) is 0.925. The molecule has 0 saturated carbocycles. The van der Waals surface area contributed by atoms with Gasteiger partial charge in [0.15, 0.2) is 0 Å². The van der Waals surface area contributed by atoms with Gasteiger partial charge < -0.3 is 0 Å². The Bertz CT molecular complexity index is 133. The molecule has 7 heteroatoms. The average Bonchev–Trinajstić information content (AvgIpc) is 1.64. The first-order valence-electron chi connectivity index (χ1n) is 2.60. The molecule has 2 nitrogen and oxygen atoms in total. The van der Waals surface area contributed by atoms with Gasteiger partial charge in [0.1, 0.15) is 16.5 Å². The van der Waals surface area contributed by atoms with Crippen molar-refractivity contribution in [1.82, 2.24) is 0 Å². The quantitative estimate of drug-likeness (QED) is 0.455. The molecule has 0 aromatic carbocycles. The Morgan fingerprint density at radius 1 is 1.30 bits per heavy atom. The van der Waals surface area contributed by atoms with Gasteiger partial charge in [0.2, 0.25) is 0 Å². The van der Waals surface area contributed by atoms with Crippen LogP contribution < -0.4 is 0 Å². The Labute approximate surface area is 68.0 Å². The van der Waals surface area contributed by atoms with Crippen LogP contribution in [0.15, 0.2) is 0 Å². The molecule has 0 heterocycles. The Morgan fingerprint density at radius 3 is 1.60 bits per heavy atom. The van der Waals surface area contributed by atoms with Crippen LogP contribution >= 0.6 is 0 Å². The Kier molecular flexibility index (Phi) is 7.88. The van der Waals surface area contributed by atoms with Gasteiger partial charge in [-0.05, 0) is 0 Å². The second-order valence-electron chi connectivity index (χ2n) is 1.11. The molecule has 0 aromatic rings. The number of thiol groups is 1. The van der Waals surface area contributed by atoms with Crippen LogP contribution in [0.1, 0.15) is 0 Å².